The van der Waals surface area contributed by atoms with E-state index in [1.54, 1.807) is 0 Å². The van der Waals surface area contributed by atoms with Crippen LogP contribution in [0, 0.1) is 5.92 Å². The number of aliphatic hydroxyl groups excluding tert-OH is 1. The van der Waals surface area contributed by atoms with Gasteiger partial charge in [-0.2, -0.15) is 0 Å². The van der Waals surface area contributed by atoms with E-state index < -0.39 is 43.0 Å². The molecule has 0 aromatic rings. The van der Waals surface area contributed by atoms with Crippen molar-refractivity contribution in [3.05, 3.63) is 0 Å². The third-order valence-corrected chi connectivity index (χ3v) is 2.29. The van der Waals surface area contributed by atoms with E-state index >= 15 is 0 Å². The third kappa shape index (κ3) is 7.37. The zero-order valence-electron chi connectivity index (χ0n) is 11.0. The Labute approximate surface area is 111 Å². The smallest absolute Gasteiger partial charge is 0.322 e. The van der Waals surface area contributed by atoms with E-state index in [1.165, 1.54) is 0 Å². The van der Waals surface area contributed by atoms with Gasteiger partial charge in [-0.1, -0.05) is 13.8 Å². The van der Waals surface area contributed by atoms with Crippen molar-refractivity contribution in [3.63, 3.8) is 0 Å². The Morgan fingerprint density at radius 1 is 1.21 bits per heavy atom. The first-order valence-electron chi connectivity index (χ1n) is 5.94. The lowest BCUT2D eigenvalue weighted by Gasteiger charge is -2.19. The van der Waals surface area contributed by atoms with Crippen molar-refractivity contribution < 1.29 is 24.6 Å². The van der Waals surface area contributed by atoms with Crippen LogP contribution in [0.4, 0.5) is 0 Å². The minimum Gasteiger partial charge on any atom is -0.480 e. The molecule has 0 radical (unpaired) electrons. The van der Waals surface area contributed by atoms with Gasteiger partial charge in [0.2, 0.25) is 11.8 Å². The summed E-state index contributed by atoms with van der Waals surface area (Å²) in [4.78, 5) is 33.4. The number of carbonyl (C=O) groups excluding carboxylic acids is 2. The Hall–Kier alpha value is -1.67. The average molecular weight is 275 g/mol. The molecule has 19 heavy (non-hydrogen) atoms. The summed E-state index contributed by atoms with van der Waals surface area (Å²) in [5.74, 6) is -2.32. The molecule has 0 saturated carbocycles. The number of hydrogen-bond acceptors (Lipinski definition) is 5. The van der Waals surface area contributed by atoms with Crippen LogP contribution in [0.5, 0.6) is 0 Å². The highest BCUT2D eigenvalue weighted by molar-refractivity contribution is 5.91. The summed E-state index contributed by atoms with van der Waals surface area (Å²) >= 11 is 0. The summed E-state index contributed by atoms with van der Waals surface area (Å²) in [6.07, 6.45) is 0.445. The number of hydrogen-bond donors (Lipinski definition) is 5. The van der Waals surface area contributed by atoms with E-state index in [4.69, 9.17) is 15.9 Å². The fourth-order valence-corrected chi connectivity index (χ4v) is 1.37. The van der Waals surface area contributed by atoms with E-state index in [0.717, 1.165) is 0 Å². The van der Waals surface area contributed by atoms with Crippen LogP contribution < -0.4 is 16.4 Å². The van der Waals surface area contributed by atoms with Crippen molar-refractivity contribution in [2.24, 2.45) is 11.7 Å². The maximum Gasteiger partial charge on any atom is 0.322 e. The van der Waals surface area contributed by atoms with Gasteiger partial charge in [0, 0.05) is 0 Å². The Morgan fingerprint density at radius 2 is 1.79 bits per heavy atom. The van der Waals surface area contributed by atoms with Crippen molar-refractivity contribution in [1.29, 1.82) is 0 Å². The number of aliphatic hydroxyl groups is 1. The number of aliphatic carboxylic acids is 1. The molecule has 0 aromatic heterocycles. The Kier molecular flexibility index (Phi) is 7.69. The first-order valence-corrected chi connectivity index (χ1v) is 5.94. The second-order valence-corrected chi connectivity index (χ2v) is 4.59. The maximum absolute atomic E-state index is 11.6. The number of rotatable bonds is 8. The van der Waals surface area contributed by atoms with E-state index in [2.05, 4.69) is 10.6 Å². The molecule has 110 valence electrons. The first-order chi connectivity index (χ1) is 8.77. The largest absolute Gasteiger partial charge is 0.480 e. The molecular formula is C11H21N3O5. The molecule has 0 rings (SSSR count). The topological polar surface area (TPSA) is 142 Å². The number of carbonyl (C=O) groups is 3. The molecule has 0 aliphatic carbocycles. The van der Waals surface area contributed by atoms with E-state index in [1.807, 2.05) is 13.8 Å². The lowest BCUT2D eigenvalue weighted by Crippen LogP contribution is -2.53. The second kappa shape index (κ2) is 8.44. The lowest BCUT2D eigenvalue weighted by molar-refractivity contribution is -0.138. The van der Waals surface area contributed by atoms with Crippen LogP contribution in [-0.2, 0) is 14.4 Å². The van der Waals surface area contributed by atoms with E-state index in [0.29, 0.717) is 6.42 Å². The van der Waals surface area contributed by atoms with Crippen LogP contribution in [0.15, 0.2) is 0 Å². The molecule has 0 fully saturated rings. The molecule has 0 aromatic carbocycles. The summed E-state index contributed by atoms with van der Waals surface area (Å²) in [5, 5.41) is 21.8. The number of nitrogens with two attached hydrogens (primary N) is 1. The average Bonchev–Trinajstić information content (AvgIpc) is 2.31. The molecule has 8 nitrogen and oxygen atoms in total. The standard InChI is InChI=1S/C11H21N3O5/c1-6(2)3-7(12)10(18)14-8(5-15)11(19)13-4-9(16)17/h6-8,15H,3-5,12H2,1-2H3,(H,13,19)(H,14,18)(H,16,17). The van der Waals surface area contributed by atoms with Gasteiger partial charge in [-0.3, -0.25) is 14.4 Å². The molecule has 0 heterocycles. The predicted octanol–water partition coefficient (Wildman–Crippen LogP) is -1.96. The van der Waals surface area contributed by atoms with Gasteiger partial charge in [-0.15, -0.1) is 0 Å². The Bertz CT molecular complexity index is 332. The Balaban J connectivity index is 4.34. The predicted molar refractivity (Wildman–Crippen MR) is 67.1 cm³/mol. The molecule has 2 atom stereocenters. The Morgan fingerprint density at radius 3 is 2.21 bits per heavy atom. The minimum atomic E-state index is -1.21. The number of carboxylic acids is 1. The van der Waals surface area contributed by atoms with E-state index in [-0.39, 0.29) is 5.92 Å². The highest BCUT2D eigenvalue weighted by Gasteiger charge is 2.23. The normalized spacial score (nSPS) is 13.7. The zero-order chi connectivity index (χ0) is 15.0. The van der Waals surface area contributed by atoms with Gasteiger partial charge in [-0.05, 0) is 12.3 Å². The molecule has 0 aliphatic heterocycles. The van der Waals surface area contributed by atoms with Crippen LogP contribution in [-0.4, -0.2) is 53.2 Å². The van der Waals surface area contributed by atoms with Crippen molar-refractivity contribution in [2.75, 3.05) is 13.2 Å². The third-order valence-electron chi connectivity index (χ3n) is 2.29. The molecule has 0 spiro atoms. The van der Waals surface area contributed by atoms with Crippen LogP contribution >= 0.6 is 0 Å². The van der Waals surface area contributed by atoms with Gasteiger partial charge in [0.1, 0.15) is 12.6 Å². The fraction of sp³-hybridized carbons (Fsp3) is 0.727. The molecule has 8 heteroatoms. The number of amides is 2. The number of nitrogens with one attached hydrogen (secondary N) is 2. The lowest BCUT2D eigenvalue weighted by atomic mass is 10.0. The van der Waals surface area contributed by atoms with E-state index in [9.17, 15) is 14.4 Å². The summed E-state index contributed by atoms with van der Waals surface area (Å²) in [6, 6.07) is -1.98. The van der Waals surface area contributed by atoms with Gasteiger partial charge in [0.05, 0.1) is 12.6 Å². The first kappa shape index (κ1) is 17.3. The summed E-state index contributed by atoms with van der Waals surface area (Å²) in [6.45, 7) is 2.58. The molecule has 2 unspecified atom stereocenters. The van der Waals surface area contributed by atoms with Crippen LogP contribution in [0.25, 0.3) is 0 Å². The maximum atomic E-state index is 11.6. The van der Waals surface area contributed by atoms with Crippen LogP contribution in [0.3, 0.4) is 0 Å². The highest BCUT2D eigenvalue weighted by Crippen LogP contribution is 2.02. The second-order valence-electron chi connectivity index (χ2n) is 4.59. The van der Waals surface area contributed by atoms with Crippen LogP contribution in [0.1, 0.15) is 20.3 Å². The molecule has 2 amide bonds. The molecular weight excluding hydrogens is 254 g/mol. The van der Waals surface area contributed by atoms with Crippen molar-refractivity contribution in [3.8, 4) is 0 Å². The molecule has 6 N–H and O–H groups in total. The molecule has 0 aliphatic rings. The van der Waals surface area contributed by atoms with Gasteiger partial charge >= 0.3 is 5.97 Å². The van der Waals surface area contributed by atoms with Crippen molar-refractivity contribution in [2.45, 2.75) is 32.4 Å². The monoisotopic (exact) mass is 275 g/mol. The zero-order valence-corrected chi connectivity index (χ0v) is 11.0. The van der Waals surface area contributed by atoms with Gasteiger partial charge < -0.3 is 26.6 Å². The molecule has 0 saturated heterocycles. The molecule has 0 bridgehead atoms. The summed E-state index contributed by atoms with van der Waals surface area (Å²) in [7, 11) is 0. The quantitative estimate of drug-likeness (QED) is 0.348. The minimum absolute atomic E-state index is 0.217. The highest BCUT2D eigenvalue weighted by atomic mass is 16.4. The number of carboxylic acid groups (broad SMARTS) is 1. The van der Waals surface area contributed by atoms with Crippen LogP contribution in [0.2, 0.25) is 0 Å². The van der Waals surface area contributed by atoms with Gasteiger partial charge in [-0.25, -0.2) is 0 Å². The van der Waals surface area contributed by atoms with Gasteiger partial charge in [0.15, 0.2) is 0 Å². The van der Waals surface area contributed by atoms with Crippen molar-refractivity contribution in [1.82, 2.24) is 10.6 Å². The SMILES string of the molecule is CC(C)CC(N)C(=O)NC(CO)C(=O)NCC(=O)O. The van der Waals surface area contributed by atoms with Crippen molar-refractivity contribution >= 4 is 17.8 Å². The van der Waals surface area contributed by atoms with Gasteiger partial charge in [0.25, 0.3) is 0 Å². The fourth-order valence-electron chi connectivity index (χ4n) is 1.37. The summed E-state index contributed by atoms with van der Waals surface area (Å²) < 4.78 is 0. The summed E-state index contributed by atoms with van der Waals surface area (Å²) in [5.41, 5.74) is 5.62.